The fourth-order valence-electron chi connectivity index (χ4n) is 3.13. The molecule has 100 valence electrons. The van der Waals surface area contributed by atoms with Crippen molar-refractivity contribution in [1.29, 1.82) is 0 Å². The van der Waals surface area contributed by atoms with Crippen molar-refractivity contribution in [3.8, 4) is 0 Å². The zero-order valence-electron chi connectivity index (χ0n) is 11.9. The van der Waals surface area contributed by atoms with E-state index in [9.17, 15) is 0 Å². The third kappa shape index (κ3) is 3.84. The Bertz CT molecular complexity index is 350. The predicted molar refractivity (Wildman–Crippen MR) is 78.7 cm³/mol. The summed E-state index contributed by atoms with van der Waals surface area (Å²) in [6, 6.07) is 9.45. The summed E-state index contributed by atoms with van der Waals surface area (Å²) in [6.07, 6.45) is 8.39. The standard InChI is InChI=1S/C17H27N/c1-3-6-15-9-11-17(12-10-15)18-13-16-8-5-4-7-14(16)2/h4-5,7-8,15,17-18H,3,6,9-13H2,1-2H3. The molecule has 0 aromatic heterocycles. The molecule has 0 unspecified atom stereocenters. The molecular weight excluding hydrogens is 218 g/mol. The molecule has 0 aliphatic heterocycles. The van der Waals surface area contributed by atoms with Gasteiger partial charge in [-0.2, -0.15) is 0 Å². The van der Waals surface area contributed by atoms with Gasteiger partial charge in [-0.3, -0.25) is 0 Å². The van der Waals surface area contributed by atoms with Crippen molar-refractivity contribution >= 4 is 0 Å². The first kappa shape index (κ1) is 13.6. The van der Waals surface area contributed by atoms with E-state index in [-0.39, 0.29) is 0 Å². The van der Waals surface area contributed by atoms with Crippen LogP contribution in [0, 0.1) is 12.8 Å². The van der Waals surface area contributed by atoms with Gasteiger partial charge in [0, 0.05) is 12.6 Å². The Kier molecular flexibility index (Phi) is 5.25. The van der Waals surface area contributed by atoms with Gasteiger partial charge in [0.15, 0.2) is 0 Å². The third-order valence-corrected chi connectivity index (χ3v) is 4.39. The van der Waals surface area contributed by atoms with Crippen LogP contribution in [0.3, 0.4) is 0 Å². The molecule has 0 atom stereocenters. The largest absolute Gasteiger partial charge is 0.310 e. The third-order valence-electron chi connectivity index (χ3n) is 4.39. The second-order valence-corrected chi connectivity index (χ2v) is 5.81. The van der Waals surface area contributed by atoms with Crippen LogP contribution in [0.4, 0.5) is 0 Å². The van der Waals surface area contributed by atoms with Crippen LogP contribution in [-0.4, -0.2) is 6.04 Å². The van der Waals surface area contributed by atoms with Crippen LogP contribution in [0.1, 0.15) is 56.6 Å². The lowest BCUT2D eigenvalue weighted by Gasteiger charge is -2.29. The highest BCUT2D eigenvalue weighted by Crippen LogP contribution is 2.27. The lowest BCUT2D eigenvalue weighted by molar-refractivity contribution is 0.277. The maximum absolute atomic E-state index is 3.74. The average molecular weight is 245 g/mol. The molecule has 1 aromatic carbocycles. The highest BCUT2D eigenvalue weighted by molar-refractivity contribution is 5.25. The van der Waals surface area contributed by atoms with Crippen molar-refractivity contribution in [2.45, 2.75) is 65.0 Å². The fraction of sp³-hybridized carbons (Fsp3) is 0.647. The molecule has 1 saturated carbocycles. The van der Waals surface area contributed by atoms with Gasteiger partial charge in [-0.25, -0.2) is 0 Å². The van der Waals surface area contributed by atoms with Gasteiger partial charge in [0.2, 0.25) is 0 Å². The van der Waals surface area contributed by atoms with Crippen LogP contribution < -0.4 is 5.32 Å². The first-order valence-corrected chi connectivity index (χ1v) is 7.57. The Labute approximate surface area is 112 Å². The molecule has 0 heterocycles. The summed E-state index contributed by atoms with van der Waals surface area (Å²) in [5.41, 5.74) is 2.86. The van der Waals surface area contributed by atoms with Crippen LogP contribution >= 0.6 is 0 Å². The molecule has 18 heavy (non-hydrogen) atoms. The lowest BCUT2D eigenvalue weighted by atomic mass is 9.83. The first-order valence-electron chi connectivity index (χ1n) is 7.57. The maximum atomic E-state index is 3.74. The van der Waals surface area contributed by atoms with Gasteiger partial charge in [-0.05, 0) is 49.7 Å². The van der Waals surface area contributed by atoms with E-state index < -0.39 is 0 Å². The normalized spacial score (nSPS) is 24.1. The summed E-state index contributed by atoms with van der Waals surface area (Å²) in [6.45, 7) is 5.55. The minimum Gasteiger partial charge on any atom is -0.310 e. The summed E-state index contributed by atoms with van der Waals surface area (Å²) in [4.78, 5) is 0. The van der Waals surface area contributed by atoms with E-state index in [1.54, 1.807) is 0 Å². The molecule has 1 heteroatoms. The molecular formula is C17H27N. The Morgan fingerprint density at radius 1 is 1.11 bits per heavy atom. The Morgan fingerprint density at radius 3 is 2.50 bits per heavy atom. The second-order valence-electron chi connectivity index (χ2n) is 5.81. The summed E-state index contributed by atoms with van der Waals surface area (Å²) < 4.78 is 0. The van der Waals surface area contributed by atoms with Gasteiger partial charge in [0.1, 0.15) is 0 Å². The Hall–Kier alpha value is -0.820. The summed E-state index contributed by atoms with van der Waals surface area (Å²) in [7, 11) is 0. The molecule has 1 N–H and O–H groups in total. The van der Waals surface area contributed by atoms with Crippen LogP contribution in [0.25, 0.3) is 0 Å². The zero-order valence-corrected chi connectivity index (χ0v) is 11.9. The van der Waals surface area contributed by atoms with E-state index in [0.717, 1.165) is 18.5 Å². The van der Waals surface area contributed by atoms with Crippen molar-refractivity contribution < 1.29 is 0 Å². The van der Waals surface area contributed by atoms with E-state index in [1.165, 1.54) is 49.7 Å². The Morgan fingerprint density at radius 2 is 1.83 bits per heavy atom. The molecule has 1 aliphatic carbocycles. The SMILES string of the molecule is CCCC1CCC(NCc2ccccc2C)CC1. The van der Waals surface area contributed by atoms with Crippen molar-refractivity contribution in [3.63, 3.8) is 0 Å². The van der Waals surface area contributed by atoms with Crippen molar-refractivity contribution in [1.82, 2.24) is 5.32 Å². The van der Waals surface area contributed by atoms with Gasteiger partial charge >= 0.3 is 0 Å². The maximum Gasteiger partial charge on any atom is 0.0210 e. The van der Waals surface area contributed by atoms with E-state index in [2.05, 4.69) is 43.4 Å². The van der Waals surface area contributed by atoms with E-state index in [0.29, 0.717) is 0 Å². The summed E-state index contributed by atoms with van der Waals surface area (Å²) in [5, 5.41) is 3.74. The summed E-state index contributed by atoms with van der Waals surface area (Å²) >= 11 is 0. The molecule has 0 saturated heterocycles. The minimum atomic E-state index is 0.748. The highest BCUT2D eigenvalue weighted by atomic mass is 14.9. The van der Waals surface area contributed by atoms with Crippen molar-refractivity contribution in [2.75, 3.05) is 0 Å². The van der Waals surface area contributed by atoms with Gasteiger partial charge in [-0.15, -0.1) is 0 Å². The number of hydrogen-bond acceptors (Lipinski definition) is 1. The number of benzene rings is 1. The lowest BCUT2D eigenvalue weighted by Crippen LogP contribution is -2.32. The molecule has 0 spiro atoms. The molecule has 1 nitrogen and oxygen atoms in total. The number of hydrogen-bond donors (Lipinski definition) is 1. The molecule has 1 fully saturated rings. The smallest absolute Gasteiger partial charge is 0.0210 e. The molecule has 1 aromatic rings. The van der Waals surface area contributed by atoms with E-state index in [1.807, 2.05) is 0 Å². The molecule has 2 rings (SSSR count). The Balaban J connectivity index is 1.74. The van der Waals surface area contributed by atoms with Gasteiger partial charge in [-0.1, -0.05) is 44.0 Å². The zero-order chi connectivity index (χ0) is 12.8. The number of nitrogens with one attached hydrogen (secondary N) is 1. The van der Waals surface area contributed by atoms with Crippen LogP contribution in [-0.2, 0) is 6.54 Å². The average Bonchev–Trinajstić information content (AvgIpc) is 2.40. The van der Waals surface area contributed by atoms with Crippen molar-refractivity contribution in [3.05, 3.63) is 35.4 Å². The number of aryl methyl sites for hydroxylation is 1. The first-order chi connectivity index (χ1) is 8.79. The highest BCUT2D eigenvalue weighted by Gasteiger charge is 2.19. The quantitative estimate of drug-likeness (QED) is 0.808. The minimum absolute atomic E-state index is 0.748. The monoisotopic (exact) mass is 245 g/mol. The van der Waals surface area contributed by atoms with Crippen LogP contribution in [0.2, 0.25) is 0 Å². The van der Waals surface area contributed by atoms with E-state index in [4.69, 9.17) is 0 Å². The number of rotatable bonds is 5. The van der Waals surface area contributed by atoms with Crippen LogP contribution in [0.5, 0.6) is 0 Å². The molecule has 1 aliphatic rings. The van der Waals surface area contributed by atoms with Crippen molar-refractivity contribution in [2.24, 2.45) is 5.92 Å². The van der Waals surface area contributed by atoms with E-state index >= 15 is 0 Å². The molecule has 0 bridgehead atoms. The second kappa shape index (κ2) is 6.94. The molecule has 0 amide bonds. The summed E-state index contributed by atoms with van der Waals surface area (Å²) in [5.74, 6) is 1.01. The van der Waals surface area contributed by atoms with Gasteiger partial charge in [0.25, 0.3) is 0 Å². The fourth-order valence-corrected chi connectivity index (χ4v) is 3.13. The topological polar surface area (TPSA) is 12.0 Å². The van der Waals surface area contributed by atoms with Gasteiger partial charge in [0.05, 0.1) is 0 Å². The van der Waals surface area contributed by atoms with Gasteiger partial charge < -0.3 is 5.32 Å². The van der Waals surface area contributed by atoms with Crippen LogP contribution in [0.15, 0.2) is 24.3 Å². The predicted octanol–water partition coefficient (Wildman–Crippen LogP) is 4.44. The molecule has 0 radical (unpaired) electrons.